The van der Waals surface area contributed by atoms with Gasteiger partial charge in [-0.05, 0) is 12.1 Å². The van der Waals surface area contributed by atoms with Crippen LogP contribution in [0.25, 0.3) is 11.4 Å². The molecule has 0 saturated carbocycles. The van der Waals surface area contributed by atoms with Crippen LogP contribution in [0.4, 0.5) is 0 Å². The molecule has 3 rings (SSSR count). The number of hydrogen-bond acceptors (Lipinski definition) is 6. The summed E-state index contributed by atoms with van der Waals surface area (Å²) in [5, 5.41) is 4.36. The molecule has 1 aromatic carbocycles. The molecule has 2 heterocycles. The summed E-state index contributed by atoms with van der Waals surface area (Å²) < 4.78 is 17.6. The number of methoxy groups -OCH3 is 2. The van der Waals surface area contributed by atoms with Crippen LogP contribution in [0.5, 0.6) is 11.5 Å². The number of hydrogen-bond donors (Lipinski definition) is 0. The number of benzene rings is 1. The van der Waals surface area contributed by atoms with Crippen LogP contribution in [0, 0.1) is 6.92 Å². The van der Waals surface area contributed by atoms with Crippen molar-refractivity contribution in [2.24, 2.45) is 0 Å². The van der Waals surface area contributed by atoms with Crippen molar-refractivity contribution in [2.75, 3.05) is 14.2 Å². The van der Waals surface area contributed by atoms with E-state index in [1.165, 1.54) is 0 Å². The second-order valence-electron chi connectivity index (χ2n) is 5.09. The summed E-state index contributed by atoms with van der Waals surface area (Å²) in [6.45, 7) is 2.42. The molecule has 0 bridgehead atoms. The lowest BCUT2D eigenvalue weighted by molar-refractivity contribution is 0.355. The third kappa shape index (κ3) is 3.07. The lowest BCUT2D eigenvalue weighted by atomic mass is 10.2. The Kier molecular flexibility index (Phi) is 4.71. The summed E-state index contributed by atoms with van der Waals surface area (Å²) in [5.74, 6) is 3.01. The van der Waals surface area contributed by atoms with E-state index < -0.39 is 0 Å². The molecule has 0 radical (unpaired) electrons. The van der Waals surface area contributed by atoms with Crippen molar-refractivity contribution in [2.45, 2.75) is 19.9 Å². The maximum absolute atomic E-state index is 6.48. The molecule has 0 unspecified atom stereocenters. The van der Waals surface area contributed by atoms with Crippen molar-refractivity contribution < 1.29 is 14.0 Å². The minimum atomic E-state index is 0.458. The highest BCUT2D eigenvalue weighted by atomic mass is 35.5. The zero-order valence-corrected chi connectivity index (χ0v) is 14.4. The molecule has 0 saturated heterocycles. The lowest BCUT2D eigenvalue weighted by Crippen LogP contribution is -2.04. The molecular weight excluding hydrogens is 332 g/mol. The molecular formula is C16H17ClN4O3. The Bertz CT molecular complexity index is 844. The maximum Gasteiger partial charge on any atom is 0.223 e. The molecule has 0 spiro atoms. The van der Waals surface area contributed by atoms with Crippen LogP contribution >= 0.6 is 11.6 Å². The first-order valence-electron chi connectivity index (χ1n) is 7.35. The Balaban J connectivity index is 1.90. The van der Waals surface area contributed by atoms with E-state index in [4.69, 9.17) is 25.6 Å². The third-order valence-electron chi connectivity index (χ3n) is 3.59. The van der Waals surface area contributed by atoms with E-state index >= 15 is 0 Å². The summed E-state index contributed by atoms with van der Waals surface area (Å²) in [4.78, 5) is 8.62. The van der Waals surface area contributed by atoms with Crippen LogP contribution in [-0.2, 0) is 13.0 Å². The van der Waals surface area contributed by atoms with E-state index in [2.05, 4.69) is 15.1 Å². The van der Waals surface area contributed by atoms with Crippen molar-refractivity contribution >= 4 is 11.6 Å². The van der Waals surface area contributed by atoms with Crippen LogP contribution in [0.1, 0.15) is 11.7 Å². The first-order chi connectivity index (χ1) is 11.6. The maximum atomic E-state index is 6.48. The highest BCUT2D eigenvalue weighted by molar-refractivity contribution is 6.35. The fraction of sp³-hybridized carbons (Fsp3) is 0.312. The van der Waals surface area contributed by atoms with E-state index in [1.807, 2.05) is 22.9 Å². The van der Waals surface area contributed by atoms with Gasteiger partial charge in [0.05, 0.1) is 19.2 Å². The zero-order chi connectivity index (χ0) is 17.1. The topological polar surface area (TPSA) is 75.2 Å². The molecule has 0 N–H and O–H groups in total. The number of aryl methyl sites for hydroxylation is 3. The fourth-order valence-electron chi connectivity index (χ4n) is 2.46. The number of imidazole rings is 1. The standard InChI is InChI=1S/C16H17ClN4O3/c1-10-19-13(20-24-10)6-8-21-9-7-18-16(21)11-4-5-12(22-2)15(23-3)14(11)17/h4-5,7,9H,6,8H2,1-3H3. The van der Waals surface area contributed by atoms with Crippen LogP contribution in [-0.4, -0.2) is 33.9 Å². The van der Waals surface area contributed by atoms with E-state index in [9.17, 15) is 0 Å². The minimum Gasteiger partial charge on any atom is -0.493 e. The molecule has 0 amide bonds. The smallest absolute Gasteiger partial charge is 0.223 e. The molecule has 126 valence electrons. The van der Waals surface area contributed by atoms with E-state index in [0.717, 1.165) is 11.4 Å². The van der Waals surface area contributed by atoms with Gasteiger partial charge in [0.2, 0.25) is 5.89 Å². The van der Waals surface area contributed by atoms with Gasteiger partial charge in [0.15, 0.2) is 17.3 Å². The normalized spacial score (nSPS) is 10.8. The van der Waals surface area contributed by atoms with Crippen molar-refractivity contribution in [3.8, 4) is 22.9 Å². The van der Waals surface area contributed by atoms with Crippen LogP contribution < -0.4 is 9.47 Å². The fourth-order valence-corrected chi connectivity index (χ4v) is 2.78. The van der Waals surface area contributed by atoms with Crippen molar-refractivity contribution in [3.05, 3.63) is 41.3 Å². The third-order valence-corrected chi connectivity index (χ3v) is 3.96. The minimum absolute atomic E-state index is 0.458. The van der Waals surface area contributed by atoms with Gasteiger partial charge >= 0.3 is 0 Å². The first-order valence-corrected chi connectivity index (χ1v) is 7.73. The molecule has 24 heavy (non-hydrogen) atoms. The summed E-state index contributed by atoms with van der Waals surface area (Å²) in [5.41, 5.74) is 0.767. The monoisotopic (exact) mass is 348 g/mol. The summed E-state index contributed by atoms with van der Waals surface area (Å²) >= 11 is 6.48. The predicted molar refractivity (Wildman–Crippen MR) is 88.5 cm³/mol. The van der Waals surface area contributed by atoms with Crippen LogP contribution in [0.3, 0.4) is 0 Å². The van der Waals surface area contributed by atoms with E-state index in [1.54, 1.807) is 27.3 Å². The van der Waals surface area contributed by atoms with Gasteiger partial charge in [-0.3, -0.25) is 0 Å². The number of rotatable bonds is 6. The molecule has 0 aliphatic rings. The van der Waals surface area contributed by atoms with Gasteiger partial charge in [-0.25, -0.2) is 4.98 Å². The van der Waals surface area contributed by atoms with Crippen molar-refractivity contribution in [1.29, 1.82) is 0 Å². The van der Waals surface area contributed by atoms with Gasteiger partial charge < -0.3 is 18.6 Å². The molecule has 0 aliphatic carbocycles. The highest BCUT2D eigenvalue weighted by Crippen LogP contribution is 2.41. The molecule has 0 atom stereocenters. The Labute approximate surface area is 144 Å². The van der Waals surface area contributed by atoms with Crippen LogP contribution in [0.15, 0.2) is 29.0 Å². The molecule has 2 aromatic heterocycles. The Hall–Kier alpha value is -2.54. The summed E-state index contributed by atoms with van der Waals surface area (Å²) in [6.07, 6.45) is 4.24. The average Bonchev–Trinajstić information content (AvgIpc) is 3.21. The number of nitrogens with zero attached hydrogens (tertiary/aromatic N) is 4. The van der Waals surface area contributed by atoms with Gasteiger partial charge in [-0.2, -0.15) is 4.98 Å². The summed E-state index contributed by atoms with van der Waals surface area (Å²) in [7, 11) is 3.13. The molecule has 0 fully saturated rings. The largest absolute Gasteiger partial charge is 0.493 e. The van der Waals surface area contributed by atoms with Gasteiger partial charge in [-0.15, -0.1) is 0 Å². The molecule has 8 heteroatoms. The molecule has 0 aliphatic heterocycles. The second-order valence-corrected chi connectivity index (χ2v) is 5.46. The zero-order valence-electron chi connectivity index (χ0n) is 13.6. The Morgan fingerprint density at radius 1 is 1.25 bits per heavy atom. The van der Waals surface area contributed by atoms with Gasteiger partial charge in [-0.1, -0.05) is 16.8 Å². The first kappa shape index (κ1) is 16.3. The van der Waals surface area contributed by atoms with Gasteiger partial charge in [0.25, 0.3) is 0 Å². The summed E-state index contributed by atoms with van der Waals surface area (Å²) in [6, 6.07) is 3.67. The van der Waals surface area contributed by atoms with Gasteiger partial charge in [0, 0.05) is 37.8 Å². The Morgan fingerprint density at radius 3 is 2.75 bits per heavy atom. The number of ether oxygens (including phenoxy) is 2. The quantitative estimate of drug-likeness (QED) is 0.681. The Morgan fingerprint density at radius 2 is 2.08 bits per heavy atom. The number of halogens is 1. The average molecular weight is 349 g/mol. The highest BCUT2D eigenvalue weighted by Gasteiger charge is 2.17. The lowest BCUT2D eigenvalue weighted by Gasteiger charge is -2.13. The van der Waals surface area contributed by atoms with Crippen molar-refractivity contribution in [3.63, 3.8) is 0 Å². The van der Waals surface area contributed by atoms with E-state index in [0.29, 0.717) is 41.2 Å². The van der Waals surface area contributed by atoms with Gasteiger partial charge in [0.1, 0.15) is 5.82 Å². The molecule has 7 nitrogen and oxygen atoms in total. The second kappa shape index (κ2) is 6.92. The molecule has 3 aromatic rings. The predicted octanol–water partition coefficient (Wildman–Crippen LogP) is 3.15. The van der Waals surface area contributed by atoms with Crippen LogP contribution in [0.2, 0.25) is 5.02 Å². The van der Waals surface area contributed by atoms with E-state index in [-0.39, 0.29) is 0 Å². The number of aromatic nitrogens is 4. The SMILES string of the molecule is COc1ccc(-c2nccn2CCc2noc(C)n2)c(Cl)c1OC. The van der Waals surface area contributed by atoms with Crippen molar-refractivity contribution in [1.82, 2.24) is 19.7 Å².